The summed E-state index contributed by atoms with van der Waals surface area (Å²) in [5.41, 5.74) is 0. The first-order chi connectivity index (χ1) is 5.91. The fourth-order valence-corrected chi connectivity index (χ4v) is 1.65. The lowest BCUT2D eigenvalue weighted by atomic mass is 10.4. The van der Waals surface area contributed by atoms with Crippen LogP contribution in [0.5, 0.6) is 0 Å². The average Bonchev–Trinajstić information content (AvgIpc) is 2.03. The molecule has 0 heterocycles. The van der Waals surface area contributed by atoms with Gasteiger partial charge in [0.15, 0.2) is 0 Å². The molecule has 7 heteroatoms. The van der Waals surface area contributed by atoms with Crippen LogP contribution in [0, 0.1) is 0 Å². The van der Waals surface area contributed by atoms with E-state index in [-0.39, 0.29) is 10.2 Å². The van der Waals surface area contributed by atoms with Gasteiger partial charge in [0.1, 0.15) is 0 Å². The second kappa shape index (κ2) is 3.69. The van der Waals surface area contributed by atoms with E-state index in [4.69, 9.17) is 9.79 Å². The van der Waals surface area contributed by atoms with Gasteiger partial charge in [-0.1, -0.05) is 0 Å². The highest BCUT2D eigenvalue weighted by atomic mass is 32.2. The van der Waals surface area contributed by atoms with E-state index < -0.39 is 18.7 Å². The molecule has 0 aliphatic carbocycles. The molecule has 0 saturated heterocycles. The van der Waals surface area contributed by atoms with E-state index in [2.05, 4.69) is 0 Å². The normalized spacial score (nSPS) is 14.1. The van der Waals surface area contributed by atoms with Crippen molar-refractivity contribution in [2.24, 2.45) is 0 Å². The largest absolute Gasteiger partial charge is 0.768 e. The minimum atomic E-state index is -4.27. The molecule has 0 amide bonds. The lowest BCUT2D eigenvalue weighted by Crippen LogP contribution is -2.03. The molecule has 5 nitrogen and oxygen atoms in total. The van der Waals surface area contributed by atoms with E-state index in [1.54, 1.807) is 0 Å². The Balaban J connectivity index is 3.08. The van der Waals surface area contributed by atoms with Crippen LogP contribution in [0.3, 0.4) is 0 Å². The van der Waals surface area contributed by atoms with Crippen molar-refractivity contribution in [1.29, 1.82) is 0 Å². The highest BCUT2D eigenvalue weighted by Crippen LogP contribution is 2.32. The molecule has 1 unspecified atom stereocenters. The summed E-state index contributed by atoms with van der Waals surface area (Å²) in [6, 6.07) is 4.45. The zero-order valence-corrected chi connectivity index (χ0v) is 7.99. The number of benzene rings is 1. The van der Waals surface area contributed by atoms with E-state index in [0.717, 1.165) is 24.3 Å². The molecule has 13 heavy (non-hydrogen) atoms. The first-order valence-corrected chi connectivity index (χ1v) is 5.85. The van der Waals surface area contributed by atoms with Crippen molar-refractivity contribution >= 4 is 24.0 Å². The Morgan fingerprint density at radius 2 is 1.69 bits per heavy atom. The SMILES string of the molecule is O=S([O-])c1ccc(P(=O)(O)O)cc1. The van der Waals surface area contributed by atoms with Gasteiger partial charge in [0.05, 0.1) is 5.30 Å². The Bertz CT molecular complexity index is 367. The monoisotopic (exact) mass is 221 g/mol. The summed E-state index contributed by atoms with van der Waals surface area (Å²) in [6.45, 7) is 0. The fourth-order valence-electron chi connectivity index (χ4n) is 0.751. The number of rotatable bonds is 2. The fraction of sp³-hybridized carbons (Fsp3) is 0. The molecule has 1 atom stereocenters. The zero-order valence-electron chi connectivity index (χ0n) is 6.28. The molecule has 0 aromatic heterocycles. The van der Waals surface area contributed by atoms with Crippen LogP contribution in [0.2, 0.25) is 0 Å². The smallest absolute Gasteiger partial charge is 0.356 e. The second-order valence-corrected chi connectivity index (χ2v) is 4.82. The molecular weight excluding hydrogens is 215 g/mol. The van der Waals surface area contributed by atoms with Crippen LogP contribution >= 0.6 is 7.60 Å². The van der Waals surface area contributed by atoms with Crippen molar-refractivity contribution in [2.45, 2.75) is 4.90 Å². The predicted octanol–water partition coefficient (Wildman–Crippen LogP) is -0.272. The van der Waals surface area contributed by atoms with Crippen LogP contribution in [0.25, 0.3) is 0 Å². The molecular formula is C6H6O5PS-. The first-order valence-electron chi connectivity index (χ1n) is 3.17. The number of hydrogen-bond donors (Lipinski definition) is 2. The molecule has 0 radical (unpaired) electrons. The van der Waals surface area contributed by atoms with Gasteiger partial charge in [-0.15, -0.1) is 0 Å². The van der Waals surface area contributed by atoms with Gasteiger partial charge in [0, 0.05) is 4.90 Å². The zero-order chi connectivity index (χ0) is 10.1. The van der Waals surface area contributed by atoms with Gasteiger partial charge < -0.3 is 14.3 Å². The molecule has 0 bridgehead atoms. The summed E-state index contributed by atoms with van der Waals surface area (Å²) in [7, 11) is -4.27. The molecule has 0 aliphatic heterocycles. The van der Waals surface area contributed by atoms with E-state index >= 15 is 0 Å². The van der Waals surface area contributed by atoms with Gasteiger partial charge in [-0.25, -0.2) is 0 Å². The summed E-state index contributed by atoms with van der Waals surface area (Å²) in [4.78, 5) is 17.3. The molecule has 0 fully saturated rings. The third-order valence-corrected chi connectivity index (χ3v) is 2.99. The van der Waals surface area contributed by atoms with E-state index in [0.29, 0.717) is 0 Å². The maximum absolute atomic E-state index is 10.7. The van der Waals surface area contributed by atoms with Crippen molar-refractivity contribution in [2.75, 3.05) is 0 Å². The molecule has 1 aromatic carbocycles. The van der Waals surface area contributed by atoms with Crippen molar-refractivity contribution < 1.29 is 23.1 Å². The Morgan fingerprint density at radius 3 is 2.00 bits per heavy atom. The maximum atomic E-state index is 10.7. The van der Waals surface area contributed by atoms with Gasteiger partial charge in [-0.3, -0.25) is 8.77 Å². The average molecular weight is 221 g/mol. The highest BCUT2D eigenvalue weighted by Gasteiger charge is 2.15. The highest BCUT2D eigenvalue weighted by molar-refractivity contribution is 7.79. The van der Waals surface area contributed by atoms with Crippen LogP contribution in [0.4, 0.5) is 0 Å². The Hall–Kier alpha value is -0.520. The number of hydrogen-bond acceptors (Lipinski definition) is 3. The molecule has 1 rings (SSSR count). The van der Waals surface area contributed by atoms with Crippen LogP contribution in [0.1, 0.15) is 0 Å². The van der Waals surface area contributed by atoms with Crippen LogP contribution in [-0.4, -0.2) is 18.5 Å². The summed E-state index contributed by atoms with van der Waals surface area (Å²) in [6.07, 6.45) is 0. The van der Waals surface area contributed by atoms with Crippen LogP contribution < -0.4 is 5.30 Å². The second-order valence-electron chi connectivity index (χ2n) is 2.27. The molecule has 72 valence electrons. The molecule has 0 aliphatic rings. The van der Waals surface area contributed by atoms with Gasteiger partial charge in [-0.2, -0.15) is 0 Å². The first kappa shape index (κ1) is 10.6. The third kappa shape index (κ3) is 2.72. The van der Waals surface area contributed by atoms with Crippen molar-refractivity contribution in [1.82, 2.24) is 0 Å². The summed E-state index contributed by atoms with van der Waals surface area (Å²) < 4.78 is 31.4. The minimum Gasteiger partial charge on any atom is -0.768 e. The van der Waals surface area contributed by atoms with E-state index in [9.17, 15) is 13.3 Å². The van der Waals surface area contributed by atoms with Gasteiger partial charge in [-0.05, 0) is 35.3 Å². The maximum Gasteiger partial charge on any atom is 0.356 e. The topological polar surface area (TPSA) is 97.7 Å². The molecule has 1 aromatic rings. The summed E-state index contributed by atoms with van der Waals surface area (Å²) in [5, 5.41) is -0.193. The quantitative estimate of drug-likeness (QED) is 0.529. The Morgan fingerprint density at radius 1 is 1.23 bits per heavy atom. The standard InChI is InChI=1S/C6H7O5PS/c7-12(8,9)5-1-3-6(4-2-5)13(10)11/h1-4H,(H,10,11)(H2,7,8,9)/p-1. The van der Waals surface area contributed by atoms with Crippen LogP contribution in [0.15, 0.2) is 29.2 Å². The van der Waals surface area contributed by atoms with Crippen molar-refractivity contribution in [3.63, 3.8) is 0 Å². The van der Waals surface area contributed by atoms with Crippen LogP contribution in [-0.2, 0) is 15.6 Å². The minimum absolute atomic E-state index is 0.00259. The van der Waals surface area contributed by atoms with Crippen molar-refractivity contribution in [3.05, 3.63) is 24.3 Å². The van der Waals surface area contributed by atoms with Gasteiger partial charge >= 0.3 is 7.60 Å². The van der Waals surface area contributed by atoms with E-state index in [1.165, 1.54) is 0 Å². The van der Waals surface area contributed by atoms with Crippen molar-refractivity contribution in [3.8, 4) is 0 Å². The summed E-state index contributed by atoms with van der Waals surface area (Å²) in [5.74, 6) is 0. The lowest BCUT2D eigenvalue weighted by molar-refractivity contribution is 0.387. The van der Waals surface area contributed by atoms with Gasteiger partial charge in [0.25, 0.3) is 0 Å². The summed E-state index contributed by atoms with van der Waals surface area (Å²) >= 11 is -2.37. The molecule has 0 saturated carbocycles. The van der Waals surface area contributed by atoms with Gasteiger partial charge in [0.2, 0.25) is 0 Å². The predicted molar refractivity (Wildman–Crippen MR) is 45.3 cm³/mol. The van der Waals surface area contributed by atoms with E-state index in [1.807, 2.05) is 0 Å². The molecule has 0 spiro atoms. The Kier molecular flexibility index (Phi) is 3.00. The lowest BCUT2D eigenvalue weighted by Gasteiger charge is -2.07. The Labute approximate surface area is 76.9 Å². The third-order valence-electron chi connectivity index (χ3n) is 1.37. The molecule has 2 N–H and O–H groups in total.